The van der Waals surface area contributed by atoms with Crippen LogP contribution in [0.15, 0.2) is 17.5 Å². The van der Waals surface area contributed by atoms with Crippen molar-refractivity contribution in [2.45, 2.75) is 51.6 Å². The Labute approximate surface area is 103 Å². The van der Waals surface area contributed by atoms with E-state index < -0.39 is 0 Å². The third-order valence-corrected chi connectivity index (χ3v) is 3.86. The van der Waals surface area contributed by atoms with Gasteiger partial charge in [0.05, 0.1) is 0 Å². The molecule has 1 heterocycles. The lowest BCUT2D eigenvalue weighted by Crippen LogP contribution is -2.39. The summed E-state index contributed by atoms with van der Waals surface area (Å²) in [6, 6.07) is 5.30. The standard InChI is InChI=1S/C13H23NOS/c1-3-11(7-8-15)14-12(4-2)10-13-6-5-9-16-13/h5-6,9,11-12,14-15H,3-4,7-8,10H2,1-2H3. The van der Waals surface area contributed by atoms with Gasteiger partial charge in [0.1, 0.15) is 0 Å². The average Bonchev–Trinajstić information content (AvgIpc) is 2.80. The molecule has 0 aliphatic heterocycles. The molecule has 16 heavy (non-hydrogen) atoms. The number of aliphatic hydroxyl groups is 1. The Morgan fingerprint density at radius 3 is 2.56 bits per heavy atom. The van der Waals surface area contributed by atoms with Gasteiger partial charge < -0.3 is 10.4 Å². The maximum absolute atomic E-state index is 8.97. The van der Waals surface area contributed by atoms with Gasteiger partial charge in [-0.3, -0.25) is 0 Å². The van der Waals surface area contributed by atoms with Crippen molar-refractivity contribution >= 4 is 11.3 Å². The van der Waals surface area contributed by atoms with Crippen molar-refractivity contribution in [2.75, 3.05) is 6.61 Å². The van der Waals surface area contributed by atoms with Crippen LogP contribution in [0.5, 0.6) is 0 Å². The molecular weight excluding hydrogens is 218 g/mol. The summed E-state index contributed by atoms with van der Waals surface area (Å²) in [7, 11) is 0. The van der Waals surface area contributed by atoms with E-state index in [-0.39, 0.29) is 6.61 Å². The van der Waals surface area contributed by atoms with Crippen LogP contribution in [-0.2, 0) is 6.42 Å². The first-order valence-corrected chi connectivity index (χ1v) is 7.07. The number of thiophene rings is 1. The van der Waals surface area contributed by atoms with E-state index in [9.17, 15) is 0 Å². The smallest absolute Gasteiger partial charge is 0.0445 e. The molecule has 1 aromatic heterocycles. The molecule has 3 heteroatoms. The lowest BCUT2D eigenvalue weighted by atomic mass is 10.1. The highest BCUT2D eigenvalue weighted by Crippen LogP contribution is 2.13. The van der Waals surface area contributed by atoms with Gasteiger partial charge in [0, 0.05) is 23.6 Å². The molecule has 0 aliphatic rings. The largest absolute Gasteiger partial charge is 0.396 e. The van der Waals surface area contributed by atoms with E-state index in [0.29, 0.717) is 12.1 Å². The van der Waals surface area contributed by atoms with Crippen molar-refractivity contribution in [3.05, 3.63) is 22.4 Å². The molecule has 2 N–H and O–H groups in total. The monoisotopic (exact) mass is 241 g/mol. The van der Waals surface area contributed by atoms with Gasteiger partial charge in [-0.1, -0.05) is 19.9 Å². The van der Waals surface area contributed by atoms with Gasteiger partial charge >= 0.3 is 0 Å². The van der Waals surface area contributed by atoms with Crippen LogP contribution in [0.2, 0.25) is 0 Å². The highest BCUT2D eigenvalue weighted by molar-refractivity contribution is 7.09. The minimum atomic E-state index is 0.279. The Bertz CT molecular complexity index is 261. The van der Waals surface area contributed by atoms with Gasteiger partial charge in [0.15, 0.2) is 0 Å². The van der Waals surface area contributed by atoms with Crippen molar-refractivity contribution in [3.63, 3.8) is 0 Å². The summed E-state index contributed by atoms with van der Waals surface area (Å²) in [6.07, 6.45) is 4.19. The Morgan fingerprint density at radius 2 is 2.06 bits per heavy atom. The Morgan fingerprint density at radius 1 is 1.31 bits per heavy atom. The number of rotatable bonds is 8. The van der Waals surface area contributed by atoms with E-state index in [1.165, 1.54) is 4.88 Å². The number of hydrogen-bond donors (Lipinski definition) is 2. The Kier molecular flexibility index (Phi) is 6.69. The predicted octanol–water partition coefficient (Wildman–Crippen LogP) is 2.82. The molecule has 0 aliphatic carbocycles. The van der Waals surface area contributed by atoms with E-state index >= 15 is 0 Å². The summed E-state index contributed by atoms with van der Waals surface area (Å²) in [4.78, 5) is 1.44. The molecule has 2 unspecified atom stereocenters. The van der Waals surface area contributed by atoms with Gasteiger partial charge in [0.2, 0.25) is 0 Å². The molecule has 2 nitrogen and oxygen atoms in total. The van der Waals surface area contributed by atoms with E-state index in [2.05, 4.69) is 36.7 Å². The first-order valence-electron chi connectivity index (χ1n) is 6.19. The molecule has 1 aromatic rings. The third-order valence-electron chi connectivity index (χ3n) is 2.96. The number of hydrogen-bond acceptors (Lipinski definition) is 3. The average molecular weight is 241 g/mol. The van der Waals surface area contributed by atoms with Crippen LogP contribution in [-0.4, -0.2) is 23.8 Å². The van der Waals surface area contributed by atoms with Gasteiger partial charge in [-0.25, -0.2) is 0 Å². The fraction of sp³-hybridized carbons (Fsp3) is 0.692. The second-order valence-corrected chi connectivity index (χ2v) is 5.21. The second-order valence-electron chi connectivity index (χ2n) is 4.17. The van der Waals surface area contributed by atoms with Crippen molar-refractivity contribution in [2.24, 2.45) is 0 Å². The van der Waals surface area contributed by atoms with Crippen molar-refractivity contribution in [3.8, 4) is 0 Å². The molecule has 0 spiro atoms. The highest BCUT2D eigenvalue weighted by atomic mass is 32.1. The molecule has 92 valence electrons. The first-order chi connectivity index (χ1) is 7.80. The van der Waals surface area contributed by atoms with E-state index in [1.807, 2.05) is 11.3 Å². The van der Waals surface area contributed by atoms with Crippen LogP contribution in [0.3, 0.4) is 0 Å². The topological polar surface area (TPSA) is 32.3 Å². The molecular formula is C13H23NOS. The molecule has 0 saturated heterocycles. The Hall–Kier alpha value is -0.380. The Balaban J connectivity index is 2.41. The summed E-state index contributed by atoms with van der Waals surface area (Å²) in [5.74, 6) is 0. The normalized spacial score (nSPS) is 14.9. The van der Waals surface area contributed by atoms with Crippen LogP contribution in [0.1, 0.15) is 38.0 Å². The van der Waals surface area contributed by atoms with Gasteiger partial charge in [-0.05, 0) is 37.1 Å². The van der Waals surface area contributed by atoms with Crippen LogP contribution in [0.25, 0.3) is 0 Å². The maximum Gasteiger partial charge on any atom is 0.0445 e. The summed E-state index contributed by atoms with van der Waals surface area (Å²) < 4.78 is 0. The number of nitrogens with one attached hydrogen (secondary N) is 1. The molecule has 0 radical (unpaired) electrons. The zero-order chi connectivity index (χ0) is 11.8. The van der Waals surface area contributed by atoms with E-state index in [0.717, 1.165) is 25.7 Å². The molecule has 0 bridgehead atoms. The molecule has 0 amide bonds. The molecule has 0 fully saturated rings. The van der Waals surface area contributed by atoms with Crippen molar-refractivity contribution in [1.29, 1.82) is 0 Å². The molecule has 2 atom stereocenters. The number of aliphatic hydroxyl groups excluding tert-OH is 1. The van der Waals surface area contributed by atoms with E-state index in [1.54, 1.807) is 0 Å². The third kappa shape index (κ3) is 4.64. The lowest BCUT2D eigenvalue weighted by Gasteiger charge is -2.23. The fourth-order valence-corrected chi connectivity index (χ4v) is 2.67. The summed E-state index contributed by atoms with van der Waals surface area (Å²) in [6.45, 7) is 4.67. The van der Waals surface area contributed by atoms with Crippen molar-refractivity contribution < 1.29 is 5.11 Å². The highest BCUT2D eigenvalue weighted by Gasteiger charge is 2.13. The molecule has 0 aromatic carbocycles. The summed E-state index contributed by atoms with van der Waals surface area (Å²) in [5, 5.41) is 14.7. The zero-order valence-corrected chi connectivity index (χ0v) is 11.1. The molecule has 0 saturated carbocycles. The van der Waals surface area contributed by atoms with Crippen LogP contribution in [0.4, 0.5) is 0 Å². The second kappa shape index (κ2) is 7.82. The van der Waals surface area contributed by atoms with Gasteiger partial charge in [-0.2, -0.15) is 0 Å². The van der Waals surface area contributed by atoms with Crippen LogP contribution >= 0.6 is 11.3 Å². The zero-order valence-electron chi connectivity index (χ0n) is 10.3. The minimum absolute atomic E-state index is 0.279. The quantitative estimate of drug-likeness (QED) is 0.733. The first kappa shape index (κ1) is 13.7. The van der Waals surface area contributed by atoms with Crippen molar-refractivity contribution in [1.82, 2.24) is 5.32 Å². The fourth-order valence-electron chi connectivity index (χ4n) is 1.89. The maximum atomic E-state index is 8.97. The van der Waals surface area contributed by atoms with Gasteiger partial charge in [0.25, 0.3) is 0 Å². The summed E-state index contributed by atoms with van der Waals surface area (Å²) >= 11 is 1.83. The van der Waals surface area contributed by atoms with Crippen LogP contribution in [0, 0.1) is 0 Å². The molecule has 1 rings (SSSR count). The van der Waals surface area contributed by atoms with Gasteiger partial charge in [-0.15, -0.1) is 11.3 Å². The SMILES string of the molecule is CCC(CCO)NC(CC)Cc1cccs1. The lowest BCUT2D eigenvalue weighted by molar-refractivity contribution is 0.254. The predicted molar refractivity (Wildman–Crippen MR) is 71.0 cm³/mol. The minimum Gasteiger partial charge on any atom is -0.396 e. The van der Waals surface area contributed by atoms with Crippen LogP contribution < -0.4 is 5.32 Å². The summed E-state index contributed by atoms with van der Waals surface area (Å²) in [5.41, 5.74) is 0. The van der Waals surface area contributed by atoms with E-state index in [4.69, 9.17) is 5.11 Å².